The zero-order valence-corrected chi connectivity index (χ0v) is 8.67. The fourth-order valence-corrected chi connectivity index (χ4v) is 1.40. The second-order valence-corrected chi connectivity index (χ2v) is 3.52. The monoisotopic (exact) mass is 210 g/mol. The van der Waals surface area contributed by atoms with E-state index >= 15 is 0 Å². The van der Waals surface area contributed by atoms with Gasteiger partial charge in [-0.1, -0.05) is 6.07 Å². The van der Waals surface area contributed by atoms with Crippen molar-refractivity contribution in [3.63, 3.8) is 0 Å². The SMILES string of the molecule is CN(C)C(CC#N)c1ccc(F)c(F)c1. The van der Waals surface area contributed by atoms with E-state index < -0.39 is 11.6 Å². The molecular formula is C11H12F2N2. The smallest absolute Gasteiger partial charge is 0.159 e. The molecule has 2 nitrogen and oxygen atoms in total. The van der Waals surface area contributed by atoms with Crippen LogP contribution in [-0.2, 0) is 0 Å². The van der Waals surface area contributed by atoms with Crippen molar-refractivity contribution in [3.8, 4) is 6.07 Å². The van der Waals surface area contributed by atoms with Gasteiger partial charge in [-0.2, -0.15) is 5.26 Å². The molecule has 4 heteroatoms. The molecule has 80 valence electrons. The van der Waals surface area contributed by atoms with Crippen LogP contribution >= 0.6 is 0 Å². The summed E-state index contributed by atoms with van der Waals surface area (Å²) in [6, 6.07) is 5.54. The molecule has 0 spiro atoms. The van der Waals surface area contributed by atoms with Crippen LogP contribution in [0.4, 0.5) is 8.78 Å². The summed E-state index contributed by atoms with van der Waals surface area (Å²) in [4.78, 5) is 1.80. The largest absolute Gasteiger partial charge is 0.301 e. The van der Waals surface area contributed by atoms with Gasteiger partial charge in [-0.15, -0.1) is 0 Å². The number of nitrogens with zero attached hydrogens (tertiary/aromatic N) is 2. The van der Waals surface area contributed by atoms with Crippen LogP contribution in [-0.4, -0.2) is 19.0 Å². The van der Waals surface area contributed by atoms with Crippen molar-refractivity contribution >= 4 is 0 Å². The molecule has 1 aromatic carbocycles. The van der Waals surface area contributed by atoms with E-state index in [1.54, 1.807) is 19.0 Å². The lowest BCUT2D eigenvalue weighted by molar-refractivity contribution is 0.302. The molecule has 1 rings (SSSR count). The molecule has 0 heterocycles. The minimum Gasteiger partial charge on any atom is -0.301 e. The molecule has 1 aromatic rings. The van der Waals surface area contributed by atoms with Gasteiger partial charge in [-0.25, -0.2) is 8.78 Å². The van der Waals surface area contributed by atoms with Gasteiger partial charge in [0.2, 0.25) is 0 Å². The van der Waals surface area contributed by atoms with Crippen LogP contribution in [0.1, 0.15) is 18.0 Å². The van der Waals surface area contributed by atoms with Crippen LogP contribution in [0.5, 0.6) is 0 Å². The summed E-state index contributed by atoms with van der Waals surface area (Å²) in [5.41, 5.74) is 0.612. The van der Waals surface area contributed by atoms with Crippen LogP contribution in [0, 0.1) is 23.0 Å². The standard InChI is InChI=1S/C11H12F2N2/c1-15(2)11(5-6-14)8-3-4-9(12)10(13)7-8/h3-4,7,11H,5H2,1-2H3. The molecule has 0 N–H and O–H groups in total. The number of hydrogen-bond donors (Lipinski definition) is 0. The molecule has 1 atom stereocenters. The van der Waals surface area contributed by atoms with E-state index in [1.165, 1.54) is 6.07 Å². The van der Waals surface area contributed by atoms with Gasteiger partial charge in [0, 0.05) is 6.04 Å². The molecule has 0 amide bonds. The quantitative estimate of drug-likeness (QED) is 0.766. The lowest BCUT2D eigenvalue weighted by atomic mass is 10.0. The van der Waals surface area contributed by atoms with Gasteiger partial charge in [-0.05, 0) is 31.8 Å². The molecule has 0 bridgehead atoms. The van der Waals surface area contributed by atoms with Crippen LogP contribution in [0.15, 0.2) is 18.2 Å². The second-order valence-electron chi connectivity index (χ2n) is 3.52. The summed E-state index contributed by atoms with van der Waals surface area (Å²) in [5.74, 6) is -1.74. The van der Waals surface area contributed by atoms with Gasteiger partial charge in [0.25, 0.3) is 0 Å². The molecule has 0 aromatic heterocycles. The first-order chi connectivity index (χ1) is 7.06. The topological polar surface area (TPSA) is 27.0 Å². The number of nitriles is 1. The lowest BCUT2D eigenvalue weighted by Gasteiger charge is -2.22. The molecule has 0 saturated heterocycles. The van der Waals surface area contributed by atoms with Crippen LogP contribution in [0.25, 0.3) is 0 Å². The first-order valence-corrected chi connectivity index (χ1v) is 4.54. The summed E-state index contributed by atoms with van der Waals surface area (Å²) in [7, 11) is 3.59. The summed E-state index contributed by atoms with van der Waals surface area (Å²) in [5, 5.41) is 8.63. The second kappa shape index (κ2) is 4.85. The van der Waals surface area contributed by atoms with Gasteiger partial charge in [0.05, 0.1) is 12.5 Å². The first-order valence-electron chi connectivity index (χ1n) is 4.54. The van der Waals surface area contributed by atoms with E-state index in [4.69, 9.17) is 5.26 Å². The van der Waals surface area contributed by atoms with E-state index in [9.17, 15) is 8.78 Å². The number of hydrogen-bond acceptors (Lipinski definition) is 2. The van der Waals surface area contributed by atoms with Crippen molar-refractivity contribution in [2.75, 3.05) is 14.1 Å². The van der Waals surface area contributed by atoms with Gasteiger partial charge in [-0.3, -0.25) is 0 Å². The zero-order chi connectivity index (χ0) is 11.4. The van der Waals surface area contributed by atoms with Crippen molar-refractivity contribution in [2.45, 2.75) is 12.5 Å². The average molecular weight is 210 g/mol. The van der Waals surface area contributed by atoms with Gasteiger partial charge in [0.15, 0.2) is 11.6 Å². The lowest BCUT2D eigenvalue weighted by Crippen LogP contribution is -2.19. The number of halogens is 2. The highest BCUT2D eigenvalue weighted by Crippen LogP contribution is 2.22. The van der Waals surface area contributed by atoms with Crippen LogP contribution in [0.3, 0.4) is 0 Å². The molecule has 0 saturated carbocycles. The predicted octanol–water partition coefficient (Wildman–Crippen LogP) is 2.48. The maximum Gasteiger partial charge on any atom is 0.159 e. The van der Waals surface area contributed by atoms with Crippen molar-refractivity contribution < 1.29 is 8.78 Å². The molecule has 0 aliphatic carbocycles. The van der Waals surface area contributed by atoms with E-state index in [1.807, 2.05) is 6.07 Å². The fraction of sp³-hybridized carbons (Fsp3) is 0.364. The third-order valence-corrected chi connectivity index (χ3v) is 2.24. The molecule has 1 unspecified atom stereocenters. The summed E-state index contributed by atoms with van der Waals surface area (Å²) < 4.78 is 25.7. The van der Waals surface area contributed by atoms with Crippen molar-refractivity contribution in [1.82, 2.24) is 4.90 Å². The molecular weight excluding hydrogens is 198 g/mol. The summed E-state index contributed by atoms with van der Waals surface area (Å²) >= 11 is 0. The number of rotatable bonds is 3. The molecule has 15 heavy (non-hydrogen) atoms. The minimum atomic E-state index is -0.878. The third kappa shape index (κ3) is 2.74. The molecule has 0 radical (unpaired) electrons. The van der Waals surface area contributed by atoms with Crippen LogP contribution in [0.2, 0.25) is 0 Å². The fourth-order valence-electron chi connectivity index (χ4n) is 1.40. The highest BCUT2D eigenvalue weighted by Gasteiger charge is 2.15. The zero-order valence-electron chi connectivity index (χ0n) is 8.67. The Morgan fingerprint density at radius 3 is 2.47 bits per heavy atom. The molecule has 0 fully saturated rings. The predicted molar refractivity (Wildman–Crippen MR) is 53.0 cm³/mol. The Hall–Kier alpha value is -1.47. The Bertz CT molecular complexity index is 383. The van der Waals surface area contributed by atoms with E-state index in [2.05, 4.69) is 0 Å². The average Bonchev–Trinajstić information content (AvgIpc) is 2.18. The maximum absolute atomic E-state index is 13.0. The summed E-state index contributed by atoms with van der Waals surface area (Å²) in [6.45, 7) is 0. The van der Waals surface area contributed by atoms with Crippen LogP contribution < -0.4 is 0 Å². The normalized spacial score (nSPS) is 12.5. The van der Waals surface area contributed by atoms with Gasteiger partial charge in [0.1, 0.15) is 0 Å². The minimum absolute atomic E-state index is 0.204. The van der Waals surface area contributed by atoms with Crippen molar-refractivity contribution in [2.24, 2.45) is 0 Å². The third-order valence-electron chi connectivity index (χ3n) is 2.24. The highest BCUT2D eigenvalue weighted by atomic mass is 19.2. The van der Waals surface area contributed by atoms with Gasteiger partial charge >= 0.3 is 0 Å². The van der Waals surface area contributed by atoms with Gasteiger partial charge < -0.3 is 4.90 Å². The Kier molecular flexibility index (Phi) is 3.75. The Morgan fingerprint density at radius 2 is 2.00 bits per heavy atom. The Balaban J connectivity index is 3.02. The summed E-state index contributed by atoms with van der Waals surface area (Å²) in [6.07, 6.45) is 0.248. The first kappa shape index (κ1) is 11.6. The molecule has 0 aliphatic rings. The van der Waals surface area contributed by atoms with Crippen molar-refractivity contribution in [3.05, 3.63) is 35.4 Å². The number of benzene rings is 1. The van der Waals surface area contributed by atoms with Crippen molar-refractivity contribution in [1.29, 1.82) is 5.26 Å². The molecule has 0 aliphatic heterocycles. The Morgan fingerprint density at radius 1 is 1.33 bits per heavy atom. The highest BCUT2D eigenvalue weighted by molar-refractivity contribution is 5.22. The van der Waals surface area contributed by atoms with E-state index in [0.29, 0.717) is 5.56 Å². The Labute approximate surface area is 87.7 Å². The van der Waals surface area contributed by atoms with E-state index in [0.717, 1.165) is 12.1 Å². The maximum atomic E-state index is 13.0. The van der Waals surface area contributed by atoms with E-state index in [-0.39, 0.29) is 12.5 Å².